The summed E-state index contributed by atoms with van der Waals surface area (Å²) in [5.41, 5.74) is 0. The van der Waals surface area contributed by atoms with E-state index in [2.05, 4.69) is 15.6 Å². The maximum atomic E-state index is 12.9. The molecule has 2 heterocycles. The lowest BCUT2D eigenvalue weighted by molar-refractivity contribution is 0.137. The lowest BCUT2D eigenvalue weighted by Crippen LogP contribution is -2.46. The first kappa shape index (κ1) is 18.2. The normalized spacial score (nSPS) is 17.1. The van der Waals surface area contributed by atoms with Crippen LogP contribution >= 0.6 is 0 Å². The van der Waals surface area contributed by atoms with Crippen molar-refractivity contribution in [3.63, 3.8) is 0 Å². The van der Waals surface area contributed by atoms with Crippen LogP contribution in [0.3, 0.4) is 0 Å². The van der Waals surface area contributed by atoms with Gasteiger partial charge in [0.05, 0.1) is 12.8 Å². The van der Waals surface area contributed by atoms with E-state index in [1.54, 1.807) is 29.2 Å². The molecule has 1 fully saturated rings. The van der Waals surface area contributed by atoms with Gasteiger partial charge in [-0.15, -0.1) is 5.10 Å². The van der Waals surface area contributed by atoms with Crippen molar-refractivity contribution in [1.82, 2.24) is 25.2 Å². The number of benzene rings is 1. The molecular weight excluding hydrogens is 337 g/mol. The summed E-state index contributed by atoms with van der Waals surface area (Å²) in [4.78, 5) is 14.2. The van der Waals surface area contributed by atoms with Crippen molar-refractivity contribution in [3.8, 4) is 5.75 Å². The number of amides is 2. The topological polar surface area (TPSA) is 72.3 Å². The van der Waals surface area contributed by atoms with Crippen molar-refractivity contribution in [2.45, 2.75) is 25.8 Å². The van der Waals surface area contributed by atoms with Crippen molar-refractivity contribution in [3.05, 3.63) is 42.5 Å². The first-order chi connectivity index (χ1) is 12.7. The van der Waals surface area contributed by atoms with Crippen LogP contribution in [-0.4, -0.2) is 52.2 Å². The van der Waals surface area contributed by atoms with Crippen LogP contribution < -0.4 is 10.1 Å². The van der Waals surface area contributed by atoms with Gasteiger partial charge in [0.25, 0.3) is 0 Å². The second kappa shape index (κ2) is 9.17. The highest BCUT2D eigenvalue weighted by Gasteiger charge is 2.23. The summed E-state index contributed by atoms with van der Waals surface area (Å²) in [6.07, 6.45) is 6.24. The van der Waals surface area contributed by atoms with E-state index in [9.17, 15) is 9.18 Å². The monoisotopic (exact) mass is 361 g/mol. The number of carbonyl (C=O) groups is 1. The molecule has 2 aromatic rings. The minimum atomic E-state index is -0.276. The Balaban J connectivity index is 1.36. The van der Waals surface area contributed by atoms with Gasteiger partial charge in [-0.2, -0.15) is 0 Å². The first-order valence-electron chi connectivity index (χ1n) is 8.96. The number of hydrogen-bond acceptors (Lipinski definition) is 4. The van der Waals surface area contributed by atoms with E-state index in [4.69, 9.17) is 4.74 Å². The predicted molar refractivity (Wildman–Crippen MR) is 94.2 cm³/mol. The maximum Gasteiger partial charge on any atom is 0.317 e. The van der Waals surface area contributed by atoms with Crippen molar-refractivity contribution < 1.29 is 13.9 Å². The summed E-state index contributed by atoms with van der Waals surface area (Å²) < 4.78 is 20.4. The standard InChI is InChI=1S/C18H24FN5O2/c19-16-4-6-17(7-5-16)26-14-15-3-1-10-23(13-15)18(25)20-8-2-11-24-12-9-21-22-24/h4-7,9,12,15H,1-3,8,10-11,13-14H2,(H,20,25). The number of likely N-dealkylation sites (tertiary alicyclic amines) is 1. The summed E-state index contributed by atoms with van der Waals surface area (Å²) in [5.74, 6) is 0.664. The number of halogens is 1. The minimum absolute atomic E-state index is 0.0323. The zero-order chi connectivity index (χ0) is 18.2. The van der Waals surface area contributed by atoms with Crippen LogP contribution in [0.4, 0.5) is 9.18 Å². The molecule has 0 radical (unpaired) electrons. The van der Waals surface area contributed by atoms with Gasteiger partial charge in [-0.25, -0.2) is 9.18 Å². The average molecular weight is 361 g/mol. The molecule has 0 aliphatic carbocycles. The molecule has 26 heavy (non-hydrogen) atoms. The molecule has 0 spiro atoms. The van der Waals surface area contributed by atoms with Gasteiger partial charge in [-0.3, -0.25) is 4.68 Å². The highest BCUT2D eigenvalue weighted by Crippen LogP contribution is 2.19. The van der Waals surface area contributed by atoms with Crippen LogP contribution in [0.2, 0.25) is 0 Å². The lowest BCUT2D eigenvalue weighted by Gasteiger charge is -2.32. The van der Waals surface area contributed by atoms with E-state index < -0.39 is 0 Å². The minimum Gasteiger partial charge on any atom is -0.493 e. The average Bonchev–Trinajstić information content (AvgIpc) is 3.18. The van der Waals surface area contributed by atoms with E-state index in [0.29, 0.717) is 25.4 Å². The van der Waals surface area contributed by atoms with Crippen molar-refractivity contribution in [1.29, 1.82) is 0 Å². The van der Waals surface area contributed by atoms with E-state index in [0.717, 1.165) is 32.4 Å². The summed E-state index contributed by atoms with van der Waals surface area (Å²) in [5, 5.41) is 10.6. The molecule has 3 rings (SSSR count). The van der Waals surface area contributed by atoms with E-state index in [1.165, 1.54) is 12.1 Å². The zero-order valence-corrected chi connectivity index (χ0v) is 14.7. The van der Waals surface area contributed by atoms with Crippen LogP contribution in [0.5, 0.6) is 5.75 Å². The highest BCUT2D eigenvalue weighted by molar-refractivity contribution is 5.74. The number of nitrogens with zero attached hydrogens (tertiary/aromatic N) is 4. The third-order valence-electron chi connectivity index (χ3n) is 4.42. The first-order valence-corrected chi connectivity index (χ1v) is 8.96. The van der Waals surface area contributed by atoms with Gasteiger partial charge in [0.2, 0.25) is 0 Å². The van der Waals surface area contributed by atoms with Crippen molar-refractivity contribution in [2.75, 3.05) is 26.2 Å². The third-order valence-corrected chi connectivity index (χ3v) is 4.42. The fourth-order valence-electron chi connectivity index (χ4n) is 3.03. The number of ether oxygens (including phenoxy) is 1. The fourth-order valence-corrected chi connectivity index (χ4v) is 3.03. The Hall–Kier alpha value is -2.64. The second-order valence-corrected chi connectivity index (χ2v) is 6.47. The number of rotatable bonds is 7. The molecule has 1 aromatic carbocycles. The molecule has 1 aliphatic rings. The number of aryl methyl sites for hydroxylation is 1. The summed E-state index contributed by atoms with van der Waals surface area (Å²) >= 11 is 0. The highest BCUT2D eigenvalue weighted by atomic mass is 19.1. The number of aromatic nitrogens is 3. The summed E-state index contributed by atoms with van der Waals surface area (Å²) in [6.45, 7) is 3.31. The van der Waals surface area contributed by atoms with Crippen LogP contribution in [0.15, 0.2) is 36.7 Å². The molecule has 1 unspecified atom stereocenters. The number of urea groups is 1. The Morgan fingerprint density at radius 2 is 2.19 bits per heavy atom. The van der Waals surface area contributed by atoms with Crippen LogP contribution in [0, 0.1) is 11.7 Å². The van der Waals surface area contributed by atoms with Crippen molar-refractivity contribution >= 4 is 6.03 Å². The number of carbonyl (C=O) groups excluding carboxylic acids is 1. The molecule has 7 nitrogen and oxygen atoms in total. The Labute approximate surface area is 152 Å². The van der Waals surface area contributed by atoms with Gasteiger partial charge in [0.15, 0.2) is 0 Å². The van der Waals surface area contributed by atoms with E-state index >= 15 is 0 Å². The van der Waals surface area contributed by atoms with Crippen molar-refractivity contribution in [2.24, 2.45) is 5.92 Å². The molecule has 1 aromatic heterocycles. The Bertz CT molecular complexity index is 677. The molecule has 1 N–H and O–H groups in total. The maximum absolute atomic E-state index is 12.9. The smallest absolute Gasteiger partial charge is 0.317 e. The number of piperidine rings is 1. The Morgan fingerprint density at radius 3 is 2.96 bits per heavy atom. The van der Waals surface area contributed by atoms with Crippen LogP contribution in [0.1, 0.15) is 19.3 Å². The van der Waals surface area contributed by atoms with Crippen LogP contribution in [-0.2, 0) is 6.54 Å². The largest absolute Gasteiger partial charge is 0.493 e. The Kier molecular flexibility index (Phi) is 6.40. The van der Waals surface area contributed by atoms with E-state index in [1.807, 2.05) is 4.90 Å². The quantitative estimate of drug-likeness (QED) is 0.768. The molecule has 1 saturated heterocycles. The molecular formula is C18H24FN5O2. The lowest BCUT2D eigenvalue weighted by atomic mass is 9.99. The van der Waals surface area contributed by atoms with Gasteiger partial charge in [-0.05, 0) is 43.5 Å². The SMILES string of the molecule is O=C(NCCCn1ccnn1)N1CCCC(COc2ccc(F)cc2)C1. The Morgan fingerprint density at radius 1 is 1.35 bits per heavy atom. The molecule has 0 saturated carbocycles. The molecule has 1 aliphatic heterocycles. The van der Waals surface area contributed by atoms with E-state index in [-0.39, 0.29) is 17.8 Å². The summed E-state index contributed by atoms with van der Waals surface area (Å²) in [7, 11) is 0. The molecule has 0 bridgehead atoms. The second-order valence-electron chi connectivity index (χ2n) is 6.47. The number of hydrogen-bond donors (Lipinski definition) is 1. The van der Waals surface area contributed by atoms with Gasteiger partial charge in [0.1, 0.15) is 11.6 Å². The molecule has 8 heteroatoms. The number of nitrogens with one attached hydrogen (secondary N) is 1. The van der Waals surface area contributed by atoms with Gasteiger partial charge < -0.3 is 15.0 Å². The summed E-state index contributed by atoms with van der Waals surface area (Å²) in [6, 6.07) is 5.98. The predicted octanol–water partition coefficient (Wildman–Crippen LogP) is 2.31. The van der Waals surface area contributed by atoms with Gasteiger partial charge in [0, 0.05) is 38.3 Å². The molecule has 140 valence electrons. The van der Waals surface area contributed by atoms with Crippen LogP contribution in [0.25, 0.3) is 0 Å². The fraction of sp³-hybridized carbons (Fsp3) is 0.500. The third kappa shape index (κ3) is 5.44. The van der Waals surface area contributed by atoms with Gasteiger partial charge >= 0.3 is 6.03 Å². The van der Waals surface area contributed by atoms with Gasteiger partial charge in [-0.1, -0.05) is 5.21 Å². The zero-order valence-electron chi connectivity index (χ0n) is 14.7. The molecule has 2 amide bonds. The molecule has 1 atom stereocenters.